The predicted octanol–water partition coefficient (Wildman–Crippen LogP) is 2.97. The number of ether oxygens (including phenoxy) is 1. The van der Waals surface area contributed by atoms with Gasteiger partial charge in [-0.25, -0.2) is 0 Å². The molecule has 0 amide bonds. The maximum absolute atomic E-state index is 5.19. The van der Waals surface area contributed by atoms with Crippen LogP contribution in [0.4, 0.5) is 0 Å². The third kappa shape index (κ3) is 4.47. The van der Waals surface area contributed by atoms with Gasteiger partial charge in [0.15, 0.2) is 0 Å². The first-order chi connectivity index (χ1) is 7.54. The normalized spacial score (nSPS) is 12.1. The first-order valence-corrected chi connectivity index (χ1v) is 9.26. The molecule has 0 aliphatic rings. The Labute approximate surface area is 100 Å². The molecular formula is C13H23NOSi. The third-order valence-corrected chi connectivity index (χ3v) is 5.01. The molecule has 0 saturated carbocycles. The van der Waals surface area contributed by atoms with E-state index in [1.165, 1.54) is 5.56 Å². The SMILES string of the molecule is COCCN(Cc1ccccc1)[Si](C)(C)C. The lowest BCUT2D eigenvalue weighted by Gasteiger charge is -2.34. The van der Waals surface area contributed by atoms with Gasteiger partial charge in [0.25, 0.3) is 0 Å². The van der Waals surface area contributed by atoms with Crippen LogP contribution in [0.3, 0.4) is 0 Å². The molecule has 1 rings (SSSR count). The molecule has 1 aromatic rings. The summed E-state index contributed by atoms with van der Waals surface area (Å²) in [7, 11) is 0.515. The second kappa shape index (κ2) is 6.18. The van der Waals surface area contributed by atoms with Gasteiger partial charge in [0, 0.05) is 20.2 Å². The molecule has 0 aliphatic carbocycles. The molecule has 0 saturated heterocycles. The van der Waals surface area contributed by atoms with Crippen LogP contribution in [-0.2, 0) is 11.3 Å². The van der Waals surface area contributed by atoms with Gasteiger partial charge in [-0.1, -0.05) is 50.0 Å². The van der Waals surface area contributed by atoms with Gasteiger partial charge in [0.1, 0.15) is 8.24 Å². The van der Waals surface area contributed by atoms with Gasteiger partial charge in [-0.3, -0.25) is 0 Å². The first kappa shape index (κ1) is 13.4. The highest BCUT2D eigenvalue weighted by Crippen LogP contribution is 2.13. The van der Waals surface area contributed by atoms with Crippen molar-refractivity contribution in [2.24, 2.45) is 0 Å². The topological polar surface area (TPSA) is 12.5 Å². The van der Waals surface area contributed by atoms with Crippen LogP contribution >= 0.6 is 0 Å². The standard InChI is InChI=1S/C13H23NOSi/c1-15-11-10-14(16(2,3)4)12-13-8-6-5-7-9-13/h5-9H,10-12H2,1-4H3. The highest BCUT2D eigenvalue weighted by atomic mass is 28.3. The van der Waals surface area contributed by atoms with E-state index in [0.29, 0.717) is 0 Å². The fourth-order valence-corrected chi connectivity index (χ4v) is 3.08. The molecule has 3 heteroatoms. The molecule has 16 heavy (non-hydrogen) atoms. The number of nitrogens with zero attached hydrogens (tertiary/aromatic N) is 1. The lowest BCUT2D eigenvalue weighted by Crippen LogP contribution is -2.46. The average molecular weight is 237 g/mol. The summed E-state index contributed by atoms with van der Waals surface area (Å²) in [5.74, 6) is 0. The lowest BCUT2D eigenvalue weighted by atomic mass is 10.2. The van der Waals surface area contributed by atoms with E-state index in [2.05, 4.69) is 54.5 Å². The Bertz CT molecular complexity index is 295. The molecule has 0 aliphatic heterocycles. The van der Waals surface area contributed by atoms with Crippen LogP contribution in [0.2, 0.25) is 19.6 Å². The van der Waals surface area contributed by atoms with Crippen molar-refractivity contribution < 1.29 is 4.74 Å². The zero-order valence-corrected chi connectivity index (χ0v) is 11.9. The molecule has 0 bridgehead atoms. The molecule has 0 spiro atoms. The van der Waals surface area contributed by atoms with Crippen LogP contribution in [0, 0.1) is 0 Å². The van der Waals surface area contributed by atoms with Crippen molar-refractivity contribution in [3.05, 3.63) is 35.9 Å². The van der Waals surface area contributed by atoms with E-state index in [1.54, 1.807) is 7.11 Å². The second-order valence-electron chi connectivity index (χ2n) is 5.07. The summed E-state index contributed by atoms with van der Waals surface area (Å²) in [4.78, 5) is 0. The van der Waals surface area contributed by atoms with Gasteiger partial charge in [0.05, 0.1) is 6.61 Å². The predicted molar refractivity (Wildman–Crippen MR) is 72.1 cm³/mol. The van der Waals surface area contributed by atoms with E-state index in [4.69, 9.17) is 4.74 Å². The molecule has 0 heterocycles. The molecular weight excluding hydrogens is 214 g/mol. The molecule has 1 aromatic carbocycles. The van der Waals surface area contributed by atoms with Crippen LogP contribution in [0.5, 0.6) is 0 Å². The molecule has 0 atom stereocenters. The molecule has 2 nitrogen and oxygen atoms in total. The third-order valence-electron chi connectivity index (χ3n) is 2.73. The highest BCUT2D eigenvalue weighted by molar-refractivity contribution is 6.73. The number of hydrogen-bond donors (Lipinski definition) is 0. The van der Waals surface area contributed by atoms with Crippen molar-refractivity contribution in [2.45, 2.75) is 26.2 Å². The van der Waals surface area contributed by atoms with E-state index in [1.807, 2.05) is 0 Å². The van der Waals surface area contributed by atoms with Gasteiger partial charge < -0.3 is 9.30 Å². The molecule has 0 radical (unpaired) electrons. The molecule has 0 N–H and O–H groups in total. The smallest absolute Gasteiger partial charge is 0.119 e. The number of rotatable bonds is 6. The van der Waals surface area contributed by atoms with E-state index in [-0.39, 0.29) is 0 Å². The Hall–Kier alpha value is -0.643. The van der Waals surface area contributed by atoms with Crippen molar-refractivity contribution in [3.8, 4) is 0 Å². The van der Waals surface area contributed by atoms with Crippen LogP contribution in [-0.4, -0.2) is 33.1 Å². The fourth-order valence-electron chi connectivity index (χ4n) is 1.66. The summed E-state index contributed by atoms with van der Waals surface area (Å²) in [6.45, 7) is 10.0. The van der Waals surface area contributed by atoms with Crippen molar-refractivity contribution in [3.63, 3.8) is 0 Å². The number of benzene rings is 1. The zero-order valence-electron chi connectivity index (χ0n) is 10.9. The van der Waals surface area contributed by atoms with Crippen molar-refractivity contribution in [2.75, 3.05) is 20.3 Å². The monoisotopic (exact) mass is 237 g/mol. The van der Waals surface area contributed by atoms with Gasteiger partial charge in [-0.15, -0.1) is 0 Å². The van der Waals surface area contributed by atoms with Crippen molar-refractivity contribution in [1.82, 2.24) is 4.57 Å². The maximum atomic E-state index is 5.19. The minimum Gasteiger partial charge on any atom is -0.383 e. The maximum Gasteiger partial charge on any atom is 0.119 e. The van der Waals surface area contributed by atoms with Gasteiger partial charge in [-0.05, 0) is 5.56 Å². The number of hydrogen-bond acceptors (Lipinski definition) is 2. The van der Waals surface area contributed by atoms with Gasteiger partial charge in [-0.2, -0.15) is 0 Å². The number of methoxy groups -OCH3 is 1. The van der Waals surface area contributed by atoms with E-state index in [9.17, 15) is 0 Å². The van der Waals surface area contributed by atoms with E-state index < -0.39 is 8.24 Å². The Morgan fingerprint density at radius 3 is 2.25 bits per heavy atom. The fraction of sp³-hybridized carbons (Fsp3) is 0.538. The molecule has 90 valence electrons. The summed E-state index contributed by atoms with van der Waals surface area (Å²) in [5.41, 5.74) is 1.39. The minimum absolute atomic E-state index is 0.817. The van der Waals surface area contributed by atoms with Crippen molar-refractivity contribution in [1.29, 1.82) is 0 Å². The Morgan fingerprint density at radius 2 is 1.75 bits per heavy atom. The summed E-state index contributed by atoms with van der Waals surface area (Å²) >= 11 is 0. The summed E-state index contributed by atoms with van der Waals surface area (Å²) in [6.07, 6.45) is 0. The minimum atomic E-state index is -1.25. The quantitative estimate of drug-likeness (QED) is 0.705. The molecule has 0 aromatic heterocycles. The Balaban J connectivity index is 2.64. The molecule has 0 fully saturated rings. The van der Waals surface area contributed by atoms with Gasteiger partial charge >= 0.3 is 0 Å². The van der Waals surface area contributed by atoms with E-state index in [0.717, 1.165) is 19.7 Å². The second-order valence-corrected chi connectivity index (χ2v) is 10.0. The summed E-state index contributed by atoms with van der Waals surface area (Å²) in [5, 5.41) is 0. The summed E-state index contributed by atoms with van der Waals surface area (Å²) in [6, 6.07) is 10.7. The zero-order chi connectivity index (χ0) is 12.0. The van der Waals surface area contributed by atoms with E-state index >= 15 is 0 Å². The highest BCUT2D eigenvalue weighted by Gasteiger charge is 2.23. The average Bonchev–Trinajstić information content (AvgIpc) is 2.24. The lowest BCUT2D eigenvalue weighted by molar-refractivity contribution is 0.175. The van der Waals surface area contributed by atoms with Gasteiger partial charge in [0.2, 0.25) is 0 Å². The van der Waals surface area contributed by atoms with Crippen LogP contribution in [0.1, 0.15) is 5.56 Å². The Morgan fingerprint density at radius 1 is 1.12 bits per heavy atom. The summed E-state index contributed by atoms with van der Waals surface area (Å²) < 4.78 is 7.76. The van der Waals surface area contributed by atoms with Crippen LogP contribution < -0.4 is 0 Å². The molecule has 0 unspecified atom stereocenters. The Kier molecular flexibility index (Phi) is 5.18. The largest absolute Gasteiger partial charge is 0.383 e. The van der Waals surface area contributed by atoms with Crippen LogP contribution in [0.25, 0.3) is 0 Å². The van der Waals surface area contributed by atoms with Crippen LogP contribution in [0.15, 0.2) is 30.3 Å². The first-order valence-electron chi connectivity index (χ1n) is 5.82. The van der Waals surface area contributed by atoms with Crippen molar-refractivity contribution >= 4 is 8.24 Å².